The van der Waals surface area contributed by atoms with Gasteiger partial charge in [0.25, 0.3) is 0 Å². The minimum absolute atomic E-state index is 0. The van der Waals surface area contributed by atoms with E-state index in [2.05, 4.69) is 11.2 Å². The molecule has 2 nitrogen and oxygen atoms in total. The smallest absolute Gasteiger partial charge is 1.00 e. The van der Waals surface area contributed by atoms with Gasteiger partial charge in [-0.3, -0.25) is 4.68 Å². The minimum Gasteiger partial charge on any atom is -1.00 e. The summed E-state index contributed by atoms with van der Waals surface area (Å²) < 4.78 is 1.80. The van der Waals surface area contributed by atoms with Crippen molar-refractivity contribution < 1.29 is 12.4 Å². The summed E-state index contributed by atoms with van der Waals surface area (Å²) in [6.45, 7) is 0. The molecule has 0 amide bonds. The zero-order valence-corrected chi connectivity index (χ0v) is 8.96. The Labute approximate surface area is 93.5 Å². The van der Waals surface area contributed by atoms with Gasteiger partial charge in [-0.2, -0.15) is 18.2 Å². The molecule has 0 spiro atoms. The number of benzene rings is 1. The van der Waals surface area contributed by atoms with Gasteiger partial charge in [-0.25, -0.2) is 5.10 Å². The zero-order valence-electron chi connectivity index (χ0n) is 6.79. The Morgan fingerprint density at radius 1 is 1.50 bits per heavy atom. The van der Waals surface area contributed by atoms with Crippen molar-refractivity contribution in [2.24, 2.45) is 7.05 Å². The van der Waals surface area contributed by atoms with E-state index in [0.29, 0.717) is 0 Å². The largest absolute Gasteiger partial charge is 2.00 e. The second-order valence-electron chi connectivity index (χ2n) is 2.29. The molecule has 0 aliphatic heterocycles. The van der Waals surface area contributed by atoms with Crippen LogP contribution in [0.4, 0.5) is 0 Å². The normalized spacial score (nSPS) is 8.75. The monoisotopic (exact) mass is 190 g/mol. The van der Waals surface area contributed by atoms with E-state index in [1.54, 1.807) is 4.68 Å². The van der Waals surface area contributed by atoms with Gasteiger partial charge in [-0.15, -0.1) is 6.07 Å². The van der Waals surface area contributed by atoms with Crippen LogP contribution in [0.3, 0.4) is 0 Å². The van der Waals surface area contributed by atoms with Gasteiger partial charge in [0.05, 0.1) is 0 Å². The molecule has 0 unspecified atom stereocenters. The Balaban J connectivity index is 0.000000605. The standard InChI is InChI=1S/C8H7N2.ClH.Mg/c1-10-6-7-4-2-3-5-8(7)9-10;;/h3-6H,1H3;1H;/q-1;;+2/p-1. The second kappa shape index (κ2) is 4.69. The van der Waals surface area contributed by atoms with Crippen LogP contribution in [-0.4, -0.2) is 32.8 Å². The van der Waals surface area contributed by atoms with E-state index in [1.165, 1.54) is 0 Å². The predicted octanol–water partition coefficient (Wildman–Crippen LogP) is -2.00. The number of halogens is 1. The van der Waals surface area contributed by atoms with Crippen LogP contribution in [-0.2, 0) is 7.05 Å². The maximum atomic E-state index is 4.21. The van der Waals surface area contributed by atoms with Crippen LogP contribution in [0.15, 0.2) is 24.4 Å². The molecule has 2 aromatic rings. The van der Waals surface area contributed by atoms with Gasteiger partial charge in [0, 0.05) is 7.05 Å². The molecule has 0 aliphatic rings. The molecule has 0 saturated heterocycles. The summed E-state index contributed by atoms with van der Waals surface area (Å²) in [7, 11) is 1.92. The summed E-state index contributed by atoms with van der Waals surface area (Å²) in [5, 5.41) is 5.35. The minimum atomic E-state index is 0. The fraction of sp³-hybridized carbons (Fsp3) is 0.125. The van der Waals surface area contributed by atoms with Crippen molar-refractivity contribution in [2.45, 2.75) is 0 Å². The third-order valence-corrected chi connectivity index (χ3v) is 1.46. The molecule has 2 rings (SSSR count). The SMILES string of the molecule is Cn1cc2c[c-]ccc2n1.[Cl-].[Mg+2]. The second-order valence-corrected chi connectivity index (χ2v) is 2.29. The van der Waals surface area contributed by atoms with E-state index in [4.69, 9.17) is 0 Å². The zero-order chi connectivity index (χ0) is 6.97. The van der Waals surface area contributed by atoms with Gasteiger partial charge in [0.1, 0.15) is 0 Å². The molecule has 0 saturated carbocycles. The molecule has 58 valence electrons. The van der Waals surface area contributed by atoms with Crippen molar-refractivity contribution in [1.82, 2.24) is 9.78 Å². The van der Waals surface area contributed by atoms with Gasteiger partial charge in [-0.1, -0.05) is 5.39 Å². The summed E-state index contributed by atoms with van der Waals surface area (Å²) in [4.78, 5) is 0. The Kier molecular flexibility index (Phi) is 4.59. The molecule has 0 atom stereocenters. The molecule has 1 aromatic carbocycles. The Morgan fingerprint density at radius 3 is 2.92 bits per heavy atom. The number of aromatic nitrogens is 2. The van der Waals surface area contributed by atoms with Gasteiger partial charge < -0.3 is 12.4 Å². The molecule has 0 aliphatic carbocycles. The third kappa shape index (κ3) is 2.12. The van der Waals surface area contributed by atoms with Crippen molar-refractivity contribution in [3.8, 4) is 0 Å². The maximum Gasteiger partial charge on any atom is 2.00 e. The van der Waals surface area contributed by atoms with E-state index in [1.807, 2.05) is 31.4 Å². The molecular formula is C8H7ClMgN2. The number of hydrogen-bond donors (Lipinski definition) is 0. The van der Waals surface area contributed by atoms with E-state index in [0.717, 1.165) is 10.9 Å². The van der Waals surface area contributed by atoms with E-state index in [9.17, 15) is 0 Å². The van der Waals surface area contributed by atoms with Crippen LogP contribution in [0, 0.1) is 6.07 Å². The molecule has 0 radical (unpaired) electrons. The first-order valence-electron chi connectivity index (χ1n) is 3.16. The first-order valence-corrected chi connectivity index (χ1v) is 3.16. The molecule has 12 heavy (non-hydrogen) atoms. The average molecular weight is 191 g/mol. The van der Waals surface area contributed by atoms with Crippen molar-refractivity contribution in [1.29, 1.82) is 0 Å². The van der Waals surface area contributed by atoms with Crippen molar-refractivity contribution in [2.75, 3.05) is 0 Å². The molecular weight excluding hydrogens is 184 g/mol. The first kappa shape index (κ1) is 11.7. The van der Waals surface area contributed by atoms with Gasteiger partial charge in [0.15, 0.2) is 0 Å². The molecule has 0 bridgehead atoms. The van der Waals surface area contributed by atoms with E-state index in [-0.39, 0.29) is 35.5 Å². The van der Waals surface area contributed by atoms with Crippen LogP contribution in [0.2, 0.25) is 0 Å². The Bertz CT molecular complexity index is 326. The fourth-order valence-corrected chi connectivity index (χ4v) is 1.03. The van der Waals surface area contributed by atoms with Crippen LogP contribution < -0.4 is 12.4 Å². The molecule has 1 heterocycles. The van der Waals surface area contributed by atoms with Gasteiger partial charge in [0.2, 0.25) is 0 Å². The molecule has 0 N–H and O–H groups in total. The molecule has 1 aromatic heterocycles. The van der Waals surface area contributed by atoms with E-state index < -0.39 is 0 Å². The van der Waals surface area contributed by atoms with Crippen LogP contribution in [0.5, 0.6) is 0 Å². The fourth-order valence-electron chi connectivity index (χ4n) is 1.03. The summed E-state index contributed by atoms with van der Waals surface area (Å²) in [6, 6.07) is 8.75. The molecule has 4 heteroatoms. The topological polar surface area (TPSA) is 17.8 Å². The Morgan fingerprint density at radius 2 is 2.25 bits per heavy atom. The summed E-state index contributed by atoms with van der Waals surface area (Å²) in [6.07, 6.45) is 1.98. The van der Waals surface area contributed by atoms with Crippen LogP contribution in [0.1, 0.15) is 0 Å². The number of nitrogens with zero attached hydrogens (tertiary/aromatic N) is 2. The summed E-state index contributed by atoms with van der Waals surface area (Å²) in [5.41, 5.74) is 1.03. The van der Waals surface area contributed by atoms with Crippen molar-refractivity contribution >= 4 is 34.0 Å². The molecule has 0 fully saturated rings. The van der Waals surface area contributed by atoms with E-state index >= 15 is 0 Å². The average Bonchev–Trinajstić information content (AvgIpc) is 2.27. The van der Waals surface area contributed by atoms with Crippen LogP contribution >= 0.6 is 0 Å². The number of fused-ring (bicyclic) bond motifs is 1. The van der Waals surface area contributed by atoms with Crippen molar-refractivity contribution in [3.63, 3.8) is 0 Å². The predicted molar refractivity (Wildman–Crippen MR) is 45.3 cm³/mol. The summed E-state index contributed by atoms with van der Waals surface area (Å²) in [5.74, 6) is 0. The number of rotatable bonds is 0. The summed E-state index contributed by atoms with van der Waals surface area (Å²) >= 11 is 0. The van der Waals surface area contributed by atoms with Gasteiger partial charge in [-0.05, 0) is 11.7 Å². The first-order chi connectivity index (χ1) is 4.86. The quantitative estimate of drug-likeness (QED) is 0.347. The number of hydrogen-bond acceptors (Lipinski definition) is 1. The van der Waals surface area contributed by atoms with Crippen molar-refractivity contribution in [3.05, 3.63) is 30.5 Å². The number of aryl methyl sites for hydroxylation is 1. The third-order valence-electron chi connectivity index (χ3n) is 1.46. The van der Waals surface area contributed by atoms with Gasteiger partial charge >= 0.3 is 23.1 Å². The maximum absolute atomic E-state index is 4.21. The Hall–Kier alpha value is -0.254. The van der Waals surface area contributed by atoms with Crippen LogP contribution in [0.25, 0.3) is 10.9 Å².